The van der Waals surface area contributed by atoms with E-state index in [1.165, 1.54) is 161 Å². The quantitative estimate of drug-likeness (QED) is 0.110. The van der Waals surface area contributed by atoms with Gasteiger partial charge in [0, 0.05) is 5.38 Å². The summed E-state index contributed by atoms with van der Waals surface area (Å²) >= 11 is 6.53. The fraction of sp³-hybridized carbons (Fsp3) is 1.00. The van der Waals surface area contributed by atoms with E-state index in [0.717, 1.165) is 0 Å². The van der Waals surface area contributed by atoms with E-state index >= 15 is 0 Å². The predicted octanol–water partition coefficient (Wildman–Crippen LogP) is 11.5. The summed E-state index contributed by atoms with van der Waals surface area (Å²) in [4.78, 5) is 0. The van der Waals surface area contributed by atoms with Crippen molar-refractivity contribution in [1.29, 1.82) is 0 Å². The fourth-order valence-corrected chi connectivity index (χ4v) is 4.69. The highest BCUT2D eigenvalue weighted by atomic mass is 35.5. The third-order valence-electron chi connectivity index (χ3n) is 6.49. The Bertz CT molecular complexity index is 282. The van der Waals surface area contributed by atoms with Crippen LogP contribution < -0.4 is 6.15 Å². The van der Waals surface area contributed by atoms with Gasteiger partial charge < -0.3 is 6.15 Å². The number of unbranched alkanes of at least 4 members (excludes halogenated alkanes) is 21. The Labute approximate surface area is 197 Å². The topological polar surface area (TPSA) is 35.0 Å². The minimum Gasteiger partial charge on any atom is -0.344 e. The zero-order valence-corrected chi connectivity index (χ0v) is 22.1. The van der Waals surface area contributed by atoms with E-state index in [-0.39, 0.29) is 6.15 Å². The van der Waals surface area contributed by atoms with Crippen LogP contribution in [0.3, 0.4) is 0 Å². The molecule has 0 amide bonds. The molecule has 1 nitrogen and oxygen atoms in total. The summed E-state index contributed by atoms with van der Waals surface area (Å²) in [5, 5.41) is 0.441. The van der Waals surface area contributed by atoms with Crippen molar-refractivity contribution in [3.05, 3.63) is 0 Å². The summed E-state index contributed by atoms with van der Waals surface area (Å²) in [6, 6.07) is 0. The smallest absolute Gasteiger partial charge is 0.0336 e. The number of hydrogen-bond donors (Lipinski definition) is 1. The molecule has 0 aliphatic carbocycles. The van der Waals surface area contributed by atoms with Gasteiger partial charge in [-0.25, -0.2) is 0 Å². The fourth-order valence-electron chi connectivity index (χ4n) is 4.38. The largest absolute Gasteiger partial charge is 0.344 e. The van der Waals surface area contributed by atoms with Crippen molar-refractivity contribution >= 4 is 11.6 Å². The number of rotatable bonds is 25. The first-order valence-electron chi connectivity index (χ1n) is 13.9. The maximum Gasteiger partial charge on any atom is 0.0336 e. The molecule has 0 aromatic heterocycles. The molecule has 3 N–H and O–H groups in total. The maximum atomic E-state index is 6.53. The van der Waals surface area contributed by atoms with Crippen molar-refractivity contribution in [3.8, 4) is 0 Å². The lowest BCUT2D eigenvalue weighted by atomic mass is 10.0. The molecule has 1 atom stereocenters. The van der Waals surface area contributed by atoms with Crippen LogP contribution in [-0.4, -0.2) is 5.38 Å². The summed E-state index contributed by atoms with van der Waals surface area (Å²) < 4.78 is 0. The normalized spacial score (nSPS) is 12.1. The highest BCUT2D eigenvalue weighted by Gasteiger charge is 2.04. The summed E-state index contributed by atoms with van der Waals surface area (Å²) in [7, 11) is 0. The zero-order valence-electron chi connectivity index (χ0n) is 21.3. The zero-order chi connectivity index (χ0) is 21.3. The van der Waals surface area contributed by atoms with Gasteiger partial charge in [0.15, 0.2) is 0 Å². The SMILES string of the molecule is CCCCCCCCCCCCCCCC(Cl)CCCCCCCCCCCC.N. The van der Waals surface area contributed by atoms with E-state index in [0.29, 0.717) is 5.38 Å². The highest BCUT2D eigenvalue weighted by Crippen LogP contribution is 2.19. The van der Waals surface area contributed by atoms with Gasteiger partial charge in [-0.3, -0.25) is 0 Å². The van der Waals surface area contributed by atoms with Gasteiger partial charge in [0.1, 0.15) is 0 Å². The van der Waals surface area contributed by atoms with Crippen LogP contribution in [0.15, 0.2) is 0 Å². The Morgan fingerprint density at radius 2 is 0.567 bits per heavy atom. The molecule has 0 aliphatic rings. The van der Waals surface area contributed by atoms with Gasteiger partial charge in [-0.1, -0.05) is 162 Å². The molecule has 0 saturated carbocycles. The van der Waals surface area contributed by atoms with Gasteiger partial charge in [0.2, 0.25) is 0 Å². The van der Waals surface area contributed by atoms with Crippen LogP contribution in [0.1, 0.15) is 174 Å². The molecule has 0 rings (SSSR count). The highest BCUT2D eigenvalue weighted by molar-refractivity contribution is 6.20. The van der Waals surface area contributed by atoms with Crippen molar-refractivity contribution in [1.82, 2.24) is 6.15 Å². The van der Waals surface area contributed by atoms with E-state index in [1.54, 1.807) is 0 Å². The van der Waals surface area contributed by atoms with E-state index in [4.69, 9.17) is 11.6 Å². The molecule has 0 bridgehead atoms. The van der Waals surface area contributed by atoms with Gasteiger partial charge >= 0.3 is 0 Å². The van der Waals surface area contributed by atoms with Crippen LogP contribution in [0.25, 0.3) is 0 Å². The van der Waals surface area contributed by atoms with Crippen LogP contribution >= 0.6 is 11.6 Å². The lowest BCUT2D eigenvalue weighted by Crippen LogP contribution is -1.98. The predicted molar refractivity (Wildman–Crippen MR) is 141 cm³/mol. The van der Waals surface area contributed by atoms with Gasteiger partial charge in [-0.05, 0) is 12.8 Å². The first kappa shape index (κ1) is 32.4. The van der Waals surface area contributed by atoms with Crippen molar-refractivity contribution in [2.75, 3.05) is 0 Å². The second-order valence-corrected chi connectivity index (χ2v) is 10.2. The van der Waals surface area contributed by atoms with Crippen LogP contribution in [-0.2, 0) is 0 Å². The third-order valence-corrected chi connectivity index (χ3v) is 6.93. The molecule has 30 heavy (non-hydrogen) atoms. The molecule has 0 fully saturated rings. The minimum absolute atomic E-state index is 0. The second kappa shape index (κ2) is 29.2. The maximum absolute atomic E-state index is 6.53. The molecule has 1 unspecified atom stereocenters. The molecule has 0 radical (unpaired) electrons. The van der Waals surface area contributed by atoms with Gasteiger partial charge in [0.25, 0.3) is 0 Å². The van der Waals surface area contributed by atoms with E-state index in [1.807, 2.05) is 0 Å². The van der Waals surface area contributed by atoms with Crippen LogP contribution in [0.2, 0.25) is 0 Å². The van der Waals surface area contributed by atoms with E-state index < -0.39 is 0 Å². The van der Waals surface area contributed by atoms with Crippen LogP contribution in [0.4, 0.5) is 0 Å². The molecular formula is C28H60ClN. The molecule has 2 heteroatoms. The van der Waals surface area contributed by atoms with E-state index in [2.05, 4.69) is 13.8 Å². The first-order valence-corrected chi connectivity index (χ1v) is 14.4. The number of halogens is 1. The number of alkyl halides is 1. The lowest BCUT2D eigenvalue weighted by Gasteiger charge is -2.09. The first-order chi connectivity index (χ1) is 14.3. The van der Waals surface area contributed by atoms with Crippen molar-refractivity contribution in [2.24, 2.45) is 0 Å². The number of hydrogen-bond acceptors (Lipinski definition) is 1. The van der Waals surface area contributed by atoms with E-state index in [9.17, 15) is 0 Å². The Morgan fingerprint density at radius 3 is 0.800 bits per heavy atom. The summed E-state index contributed by atoms with van der Waals surface area (Å²) in [6.07, 6.45) is 35.4. The molecule has 0 aliphatic heterocycles. The van der Waals surface area contributed by atoms with Crippen molar-refractivity contribution in [3.63, 3.8) is 0 Å². The molecular weight excluding hydrogens is 386 g/mol. The third kappa shape index (κ3) is 28.2. The standard InChI is InChI=1S/C28H57Cl.H3N/c1-3-5-7-9-11-13-15-16-17-19-21-23-25-27-28(29)26-24-22-20-18-14-12-10-8-6-4-2;/h28H,3-27H2,1-2H3;1H3. The Hall–Kier alpha value is 0.250. The molecule has 0 saturated heterocycles. The van der Waals surface area contributed by atoms with Gasteiger partial charge in [-0.15, -0.1) is 11.6 Å². The Kier molecular flexibility index (Phi) is 31.6. The van der Waals surface area contributed by atoms with Gasteiger partial charge in [0.05, 0.1) is 0 Å². The lowest BCUT2D eigenvalue weighted by molar-refractivity contribution is 0.518. The summed E-state index contributed by atoms with van der Waals surface area (Å²) in [5.74, 6) is 0. The summed E-state index contributed by atoms with van der Waals surface area (Å²) in [5.41, 5.74) is 0. The van der Waals surface area contributed by atoms with Crippen molar-refractivity contribution in [2.45, 2.75) is 180 Å². The molecule has 0 spiro atoms. The Balaban J connectivity index is 0. The summed E-state index contributed by atoms with van der Waals surface area (Å²) in [6.45, 7) is 4.59. The second-order valence-electron chi connectivity index (χ2n) is 9.60. The molecule has 0 aromatic rings. The average molecular weight is 446 g/mol. The monoisotopic (exact) mass is 445 g/mol. The molecule has 184 valence electrons. The average Bonchev–Trinajstić information content (AvgIpc) is 2.72. The van der Waals surface area contributed by atoms with Gasteiger partial charge in [-0.2, -0.15) is 0 Å². The molecule has 0 aromatic carbocycles. The molecule has 0 heterocycles. The van der Waals surface area contributed by atoms with Crippen LogP contribution in [0.5, 0.6) is 0 Å². The minimum atomic E-state index is 0. The van der Waals surface area contributed by atoms with Crippen molar-refractivity contribution < 1.29 is 0 Å². The Morgan fingerprint density at radius 1 is 0.367 bits per heavy atom. The van der Waals surface area contributed by atoms with Crippen LogP contribution in [0, 0.1) is 0 Å².